The van der Waals surface area contributed by atoms with Crippen molar-refractivity contribution in [3.05, 3.63) is 0 Å². The molecule has 8 rings (SSSR count). The summed E-state index contributed by atoms with van der Waals surface area (Å²) < 4.78 is 65.6. The highest BCUT2D eigenvalue weighted by Gasteiger charge is 2.61. The molecular formula is C27H46O7S2. The Kier molecular flexibility index (Phi) is 7.41. The SMILES string of the molecule is CC(C)CCC[C@H]1COS(=O)(=O)OS(=O)(=O)O[C@@H]2CC[C@@]3(C)[C@@H](CC[C@@H]4[C@@H]3CC[C@]3(C)[C@@H]1CC[C@@H]43)C2. The van der Waals surface area contributed by atoms with Crippen LogP contribution in [0.25, 0.3) is 0 Å². The second-order valence-corrected chi connectivity index (χ2v) is 16.2. The third-order valence-corrected chi connectivity index (χ3v) is 13.7. The van der Waals surface area contributed by atoms with E-state index in [-0.39, 0.29) is 23.4 Å². The van der Waals surface area contributed by atoms with Crippen molar-refractivity contribution in [1.82, 2.24) is 0 Å². The van der Waals surface area contributed by atoms with Gasteiger partial charge in [0.1, 0.15) is 0 Å². The smallest absolute Gasteiger partial charge is 0.247 e. The molecule has 4 saturated carbocycles. The van der Waals surface area contributed by atoms with Gasteiger partial charge in [0.25, 0.3) is 0 Å². The van der Waals surface area contributed by atoms with E-state index in [0.29, 0.717) is 48.3 Å². The highest BCUT2D eigenvalue weighted by atomic mass is 32.3. The van der Waals surface area contributed by atoms with E-state index in [1.165, 1.54) is 25.7 Å². The van der Waals surface area contributed by atoms with Crippen molar-refractivity contribution >= 4 is 20.8 Å². The fraction of sp³-hybridized carbons (Fsp3) is 1.00. The minimum Gasteiger partial charge on any atom is -0.247 e. The standard InChI is InChI=1S/C27H46O7S2/c1-18(2)6-5-7-19-17-32-35(28,29)34-36(30,31)33-21-12-14-26(3)20(16-21)8-9-22-24-11-10-23(19)27(24,4)15-13-25(22)26/h18-25H,5-17H2,1-4H3/t19-,20-,21+,22-,23+,24-,25-,26-,27+/m0/s1. The Bertz CT molecular complexity index is 1020. The summed E-state index contributed by atoms with van der Waals surface area (Å²) in [6, 6.07) is 0. The van der Waals surface area contributed by atoms with Crippen molar-refractivity contribution in [3.63, 3.8) is 0 Å². The maximum absolute atomic E-state index is 12.6. The van der Waals surface area contributed by atoms with E-state index in [0.717, 1.165) is 38.5 Å². The summed E-state index contributed by atoms with van der Waals surface area (Å²) in [6.07, 6.45) is 11.7. The van der Waals surface area contributed by atoms with Crippen LogP contribution in [0, 0.1) is 52.3 Å². The van der Waals surface area contributed by atoms with E-state index < -0.39 is 26.9 Å². The van der Waals surface area contributed by atoms with Crippen molar-refractivity contribution in [3.8, 4) is 0 Å². The van der Waals surface area contributed by atoms with Gasteiger partial charge in [0, 0.05) is 0 Å². The quantitative estimate of drug-likeness (QED) is 0.426. The first-order valence-electron chi connectivity index (χ1n) is 14.4. The van der Waals surface area contributed by atoms with Crippen LogP contribution >= 0.6 is 0 Å². The molecule has 0 aromatic carbocycles. The molecule has 0 radical (unpaired) electrons. The van der Waals surface area contributed by atoms with Crippen LogP contribution in [-0.4, -0.2) is 29.5 Å². The molecule has 8 bridgehead atoms. The molecule has 0 spiro atoms. The first-order valence-corrected chi connectivity index (χ1v) is 17.0. The lowest BCUT2D eigenvalue weighted by molar-refractivity contribution is -0.128. The molecule has 9 heteroatoms. The molecule has 4 saturated heterocycles. The Balaban J connectivity index is 1.49. The summed E-state index contributed by atoms with van der Waals surface area (Å²) in [6.45, 7) is 9.30. The van der Waals surface area contributed by atoms with E-state index in [2.05, 4.69) is 31.3 Å². The average molecular weight is 547 g/mol. The maximum atomic E-state index is 12.6. The molecule has 8 fully saturated rings. The van der Waals surface area contributed by atoms with Crippen LogP contribution in [0.4, 0.5) is 0 Å². The van der Waals surface area contributed by atoms with Gasteiger partial charge in [0.2, 0.25) is 0 Å². The molecule has 0 aromatic rings. The van der Waals surface area contributed by atoms with E-state index in [1.54, 1.807) is 0 Å². The van der Waals surface area contributed by atoms with Gasteiger partial charge in [-0.25, -0.2) is 8.37 Å². The molecular weight excluding hydrogens is 500 g/mol. The molecule has 0 N–H and O–H groups in total. The van der Waals surface area contributed by atoms with Crippen LogP contribution < -0.4 is 0 Å². The molecule has 4 aliphatic carbocycles. The minimum absolute atomic E-state index is 0.0275. The van der Waals surface area contributed by atoms with Gasteiger partial charge in [0.05, 0.1) is 12.7 Å². The van der Waals surface area contributed by atoms with Crippen LogP contribution in [0.3, 0.4) is 0 Å². The first-order chi connectivity index (χ1) is 16.8. The zero-order valence-corrected chi connectivity index (χ0v) is 24.1. The molecule has 0 unspecified atom stereocenters. The van der Waals surface area contributed by atoms with Gasteiger partial charge in [-0.3, -0.25) is 0 Å². The van der Waals surface area contributed by atoms with E-state index in [1.807, 2.05) is 0 Å². The number of hydrogen-bond acceptors (Lipinski definition) is 7. The first kappa shape index (κ1) is 27.4. The van der Waals surface area contributed by atoms with Crippen molar-refractivity contribution in [2.45, 2.75) is 111 Å². The van der Waals surface area contributed by atoms with E-state index >= 15 is 0 Å². The monoisotopic (exact) mass is 546 g/mol. The van der Waals surface area contributed by atoms with Crippen molar-refractivity contribution in [2.24, 2.45) is 52.3 Å². The van der Waals surface area contributed by atoms with Crippen LogP contribution in [0.1, 0.15) is 105 Å². The summed E-state index contributed by atoms with van der Waals surface area (Å²) in [5.74, 6) is 3.52. The molecule has 8 aliphatic rings. The third-order valence-electron chi connectivity index (χ3n) is 11.5. The van der Waals surface area contributed by atoms with Crippen LogP contribution in [0.5, 0.6) is 0 Å². The second kappa shape index (κ2) is 9.76. The minimum atomic E-state index is -4.74. The summed E-state index contributed by atoms with van der Waals surface area (Å²) in [7, 11) is -9.46. The predicted octanol–water partition coefficient (Wildman–Crippen LogP) is 6.01. The number of hydrogen-bond donors (Lipinski definition) is 0. The Morgan fingerprint density at radius 1 is 0.833 bits per heavy atom. The molecule has 0 amide bonds. The van der Waals surface area contributed by atoms with Gasteiger partial charge in [-0.2, -0.15) is 16.8 Å². The fourth-order valence-corrected chi connectivity index (χ4v) is 11.7. The Morgan fingerprint density at radius 2 is 1.53 bits per heavy atom. The summed E-state index contributed by atoms with van der Waals surface area (Å²) >= 11 is 0. The summed E-state index contributed by atoms with van der Waals surface area (Å²) in [4.78, 5) is 0. The Labute approximate surface area is 219 Å². The van der Waals surface area contributed by atoms with Gasteiger partial charge < -0.3 is 0 Å². The van der Waals surface area contributed by atoms with Crippen molar-refractivity contribution in [1.29, 1.82) is 0 Å². The Hall–Kier alpha value is -0.220. The number of rotatable bonds is 4. The predicted molar refractivity (Wildman–Crippen MR) is 137 cm³/mol. The maximum Gasteiger partial charge on any atom is 0.416 e. The van der Waals surface area contributed by atoms with Crippen LogP contribution in [0.2, 0.25) is 0 Å². The topological polar surface area (TPSA) is 96.0 Å². The molecule has 9 atom stereocenters. The van der Waals surface area contributed by atoms with Gasteiger partial charge in [-0.15, -0.1) is 3.63 Å². The van der Waals surface area contributed by atoms with Gasteiger partial charge in [-0.1, -0.05) is 40.5 Å². The molecule has 7 nitrogen and oxygen atoms in total. The second-order valence-electron chi connectivity index (χ2n) is 13.6. The van der Waals surface area contributed by atoms with Gasteiger partial charge in [-0.05, 0) is 116 Å². The molecule has 4 heterocycles. The highest BCUT2D eigenvalue weighted by molar-refractivity contribution is 7.95. The van der Waals surface area contributed by atoms with Gasteiger partial charge >= 0.3 is 20.8 Å². The normalized spacial score (nSPS) is 48.0. The summed E-state index contributed by atoms with van der Waals surface area (Å²) in [5.41, 5.74) is 0.389. The van der Waals surface area contributed by atoms with Gasteiger partial charge in [0.15, 0.2) is 0 Å². The zero-order chi connectivity index (χ0) is 25.9. The molecule has 0 aromatic heterocycles. The molecule has 208 valence electrons. The van der Waals surface area contributed by atoms with Crippen LogP contribution in [-0.2, 0) is 32.8 Å². The summed E-state index contributed by atoms with van der Waals surface area (Å²) in [5, 5.41) is 0. The van der Waals surface area contributed by atoms with Crippen molar-refractivity contribution in [2.75, 3.05) is 6.61 Å². The Morgan fingerprint density at radius 3 is 2.28 bits per heavy atom. The van der Waals surface area contributed by atoms with E-state index in [4.69, 9.17) is 8.37 Å². The van der Waals surface area contributed by atoms with Crippen molar-refractivity contribution < 1.29 is 28.8 Å². The fourth-order valence-electron chi connectivity index (χ4n) is 9.79. The third kappa shape index (κ3) is 5.05. The zero-order valence-electron chi connectivity index (χ0n) is 22.5. The average Bonchev–Trinajstić information content (AvgIpc) is 3.11. The van der Waals surface area contributed by atoms with E-state index in [9.17, 15) is 16.8 Å². The lowest BCUT2D eigenvalue weighted by Crippen LogP contribution is -2.54. The lowest BCUT2D eigenvalue weighted by atomic mass is 9.44. The van der Waals surface area contributed by atoms with Crippen LogP contribution in [0.15, 0.2) is 0 Å². The highest BCUT2D eigenvalue weighted by Crippen LogP contribution is 2.68. The lowest BCUT2D eigenvalue weighted by Gasteiger charge is -2.61. The molecule has 36 heavy (non-hydrogen) atoms. The largest absolute Gasteiger partial charge is 0.416 e. The molecule has 4 aliphatic heterocycles.